The fourth-order valence-electron chi connectivity index (χ4n) is 2.50. The summed E-state index contributed by atoms with van der Waals surface area (Å²) >= 11 is 3.63. The Morgan fingerprint density at radius 3 is 2.40 bits per heavy atom. The monoisotopic (exact) mass is 331 g/mol. The molecule has 1 nitrogen and oxygen atoms in total. The third kappa shape index (κ3) is 3.71. The van der Waals surface area contributed by atoms with Gasteiger partial charge in [-0.25, -0.2) is 0 Å². The molecule has 106 valence electrons. The van der Waals surface area contributed by atoms with E-state index in [0.29, 0.717) is 6.04 Å². The lowest BCUT2D eigenvalue weighted by molar-refractivity contribution is 0.547. The summed E-state index contributed by atoms with van der Waals surface area (Å²) in [6.07, 6.45) is 1.02. The minimum atomic E-state index is 0.361. The molecule has 0 bridgehead atoms. The van der Waals surface area contributed by atoms with Crippen molar-refractivity contribution in [1.29, 1.82) is 0 Å². The van der Waals surface area contributed by atoms with Crippen LogP contribution < -0.4 is 5.32 Å². The minimum Gasteiger partial charge on any atom is -0.310 e. The van der Waals surface area contributed by atoms with E-state index in [0.717, 1.165) is 13.0 Å². The molecule has 0 saturated carbocycles. The summed E-state index contributed by atoms with van der Waals surface area (Å²) in [6, 6.07) is 15.6. The van der Waals surface area contributed by atoms with Gasteiger partial charge < -0.3 is 5.32 Å². The lowest BCUT2D eigenvalue weighted by atomic mass is 9.95. The number of halogens is 1. The van der Waals surface area contributed by atoms with Crippen LogP contribution in [0.4, 0.5) is 0 Å². The lowest BCUT2D eigenvalue weighted by Gasteiger charge is -2.21. The molecule has 2 heteroatoms. The maximum atomic E-state index is 3.63. The first kappa shape index (κ1) is 15.3. The van der Waals surface area contributed by atoms with Crippen LogP contribution in [0.2, 0.25) is 0 Å². The number of benzene rings is 2. The Hall–Kier alpha value is -1.12. The van der Waals surface area contributed by atoms with Crippen LogP contribution in [-0.4, -0.2) is 6.54 Å². The highest BCUT2D eigenvalue weighted by Gasteiger charge is 2.14. The molecular formula is C18H22BrN. The van der Waals surface area contributed by atoms with Gasteiger partial charge in [0.25, 0.3) is 0 Å². The summed E-state index contributed by atoms with van der Waals surface area (Å²) in [7, 11) is 0. The number of likely N-dealkylation sites (N-methyl/N-ethyl adjacent to an activating group) is 1. The summed E-state index contributed by atoms with van der Waals surface area (Å²) in [5, 5.41) is 3.61. The van der Waals surface area contributed by atoms with Crippen molar-refractivity contribution in [2.24, 2.45) is 0 Å². The van der Waals surface area contributed by atoms with Gasteiger partial charge in [-0.3, -0.25) is 0 Å². The normalized spacial score (nSPS) is 12.4. The molecule has 0 radical (unpaired) electrons. The Kier molecular flexibility index (Phi) is 5.38. The standard InChI is InChI=1S/C18H22BrN/c1-4-20-18(12-15-10-8-13(2)9-11-15)16-6-5-7-17(19)14(16)3/h5-11,18,20H,4,12H2,1-3H3. The maximum Gasteiger partial charge on any atom is 0.0363 e. The van der Waals surface area contributed by atoms with Gasteiger partial charge in [-0.05, 0) is 49.6 Å². The molecule has 2 aromatic rings. The highest BCUT2D eigenvalue weighted by atomic mass is 79.9. The van der Waals surface area contributed by atoms with Crippen LogP contribution in [0.3, 0.4) is 0 Å². The van der Waals surface area contributed by atoms with Crippen molar-refractivity contribution in [3.05, 3.63) is 69.2 Å². The third-order valence-electron chi connectivity index (χ3n) is 3.70. The third-order valence-corrected chi connectivity index (χ3v) is 4.56. The van der Waals surface area contributed by atoms with Crippen molar-refractivity contribution >= 4 is 15.9 Å². The maximum absolute atomic E-state index is 3.63. The van der Waals surface area contributed by atoms with Crippen LogP contribution >= 0.6 is 15.9 Å². The van der Waals surface area contributed by atoms with Crippen molar-refractivity contribution in [3.8, 4) is 0 Å². The van der Waals surface area contributed by atoms with Gasteiger partial charge >= 0.3 is 0 Å². The van der Waals surface area contributed by atoms with Crippen molar-refractivity contribution in [2.75, 3.05) is 6.54 Å². The molecule has 0 heterocycles. The second kappa shape index (κ2) is 7.05. The van der Waals surface area contributed by atoms with Crippen molar-refractivity contribution in [3.63, 3.8) is 0 Å². The molecule has 2 rings (SSSR count). The minimum absolute atomic E-state index is 0.361. The van der Waals surface area contributed by atoms with Gasteiger partial charge in [-0.2, -0.15) is 0 Å². The van der Waals surface area contributed by atoms with Crippen LogP contribution in [0, 0.1) is 13.8 Å². The predicted octanol–water partition coefficient (Wildman–Crippen LogP) is 4.96. The second-order valence-electron chi connectivity index (χ2n) is 5.25. The van der Waals surface area contributed by atoms with Crippen molar-refractivity contribution < 1.29 is 0 Å². The predicted molar refractivity (Wildman–Crippen MR) is 90.2 cm³/mol. The van der Waals surface area contributed by atoms with E-state index in [1.54, 1.807) is 0 Å². The molecular weight excluding hydrogens is 310 g/mol. The van der Waals surface area contributed by atoms with E-state index in [1.165, 1.54) is 26.7 Å². The van der Waals surface area contributed by atoms with E-state index in [-0.39, 0.29) is 0 Å². The first-order chi connectivity index (χ1) is 9.61. The smallest absolute Gasteiger partial charge is 0.0363 e. The topological polar surface area (TPSA) is 12.0 Å². The second-order valence-corrected chi connectivity index (χ2v) is 6.11. The number of nitrogens with one attached hydrogen (secondary N) is 1. The number of hydrogen-bond donors (Lipinski definition) is 1. The van der Waals surface area contributed by atoms with Gasteiger partial charge in [-0.15, -0.1) is 0 Å². The zero-order chi connectivity index (χ0) is 14.5. The van der Waals surface area contributed by atoms with Crippen LogP contribution in [0.15, 0.2) is 46.9 Å². The molecule has 0 aliphatic rings. The molecule has 0 aliphatic carbocycles. The van der Waals surface area contributed by atoms with E-state index in [1.807, 2.05) is 0 Å². The summed E-state index contributed by atoms with van der Waals surface area (Å²) in [6.45, 7) is 7.45. The number of hydrogen-bond acceptors (Lipinski definition) is 1. The highest BCUT2D eigenvalue weighted by molar-refractivity contribution is 9.10. The zero-order valence-electron chi connectivity index (χ0n) is 12.4. The van der Waals surface area contributed by atoms with Gasteiger partial charge in [0.05, 0.1) is 0 Å². The van der Waals surface area contributed by atoms with Gasteiger partial charge in [-0.1, -0.05) is 64.8 Å². The fraction of sp³-hybridized carbons (Fsp3) is 0.333. The molecule has 1 atom stereocenters. The molecule has 0 aliphatic heterocycles. The molecule has 1 N–H and O–H groups in total. The Balaban J connectivity index is 2.26. The first-order valence-electron chi connectivity index (χ1n) is 7.15. The van der Waals surface area contributed by atoms with E-state index >= 15 is 0 Å². The summed E-state index contributed by atoms with van der Waals surface area (Å²) < 4.78 is 1.18. The summed E-state index contributed by atoms with van der Waals surface area (Å²) in [5.41, 5.74) is 5.39. The van der Waals surface area contributed by atoms with E-state index in [9.17, 15) is 0 Å². The molecule has 0 spiro atoms. The quantitative estimate of drug-likeness (QED) is 0.816. The Morgan fingerprint density at radius 2 is 1.75 bits per heavy atom. The fourth-order valence-corrected chi connectivity index (χ4v) is 2.88. The average molecular weight is 332 g/mol. The SMILES string of the molecule is CCNC(Cc1ccc(C)cc1)c1cccc(Br)c1C. The molecule has 0 fully saturated rings. The van der Waals surface area contributed by atoms with Gasteiger partial charge in [0.15, 0.2) is 0 Å². The van der Waals surface area contributed by atoms with E-state index in [2.05, 4.69) is 84.5 Å². The van der Waals surface area contributed by atoms with Gasteiger partial charge in [0.1, 0.15) is 0 Å². The first-order valence-corrected chi connectivity index (χ1v) is 7.95. The van der Waals surface area contributed by atoms with Crippen molar-refractivity contribution in [2.45, 2.75) is 33.2 Å². The largest absolute Gasteiger partial charge is 0.310 e. The molecule has 0 aromatic heterocycles. The molecule has 0 saturated heterocycles. The van der Waals surface area contributed by atoms with Gasteiger partial charge in [0, 0.05) is 10.5 Å². The van der Waals surface area contributed by atoms with Crippen molar-refractivity contribution in [1.82, 2.24) is 5.32 Å². The summed E-state index contributed by atoms with van der Waals surface area (Å²) in [5.74, 6) is 0. The van der Waals surface area contributed by atoms with Crippen LogP contribution in [0.5, 0.6) is 0 Å². The highest BCUT2D eigenvalue weighted by Crippen LogP contribution is 2.27. The van der Waals surface area contributed by atoms with E-state index < -0.39 is 0 Å². The lowest BCUT2D eigenvalue weighted by Crippen LogP contribution is -2.23. The average Bonchev–Trinajstić information content (AvgIpc) is 2.44. The Morgan fingerprint density at radius 1 is 1.05 bits per heavy atom. The number of aryl methyl sites for hydroxylation is 1. The molecule has 1 unspecified atom stereocenters. The Labute approximate surface area is 130 Å². The van der Waals surface area contributed by atoms with Crippen LogP contribution in [0.1, 0.15) is 35.2 Å². The van der Waals surface area contributed by atoms with Crippen LogP contribution in [-0.2, 0) is 6.42 Å². The van der Waals surface area contributed by atoms with Gasteiger partial charge in [0.2, 0.25) is 0 Å². The van der Waals surface area contributed by atoms with E-state index in [4.69, 9.17) is 0 Å². The van der Waals surface area contributed by atoms with Crippen LogP contribution in [0.25, 0.3) is 0 Å². The molecule has 0 amide bonds. The molecule has 20 heavy (non-hydrogen) atoms. The number of rotatable bonds is 5. The summed E-state index contributed by atoms with van der Waals surface area (Å²) in [4.78, 5) is 0. The zero-order valence-corrected chi connectivity index (χ0v) is 14.0. The Bertz CT molecular complexity index is 560. The molecule has 2 aromatic carbocycles.